The van der Waals surface area contributed by atoms with Crippen LogP contribution in [0.15, 0.2) is 35.5 Å². The second-order valence-corrected chi connectivity index (χ2v) is 3.64. The lowest BCUT2D eigenvalue weighted by atomic mass is 9.89. The van der Waals surface area contributed by atoms with E-state index < -0.39 is 0 Å². The first-order valence-corrected chi connectivity index (χ1v) is 4.35. The Morgan fingerprint density at radius 2 is 1.00 bits per heavy atom. The van der Waals surface area contributed by atoms with Crippen LogP contribution in [0.25, 0.3) is 0 Å². The Bertz CT molecular complexity index is 289. The van der Waals surface area contributed by atoms with Crippen molar-refractivity contribution in [1.29, 1.82) is 0 Å². The molecule has 4 rings (SSSR count). The number of hydrogen-bond acceptors (Lipinski definition) is 2. The molecular weight excluding hydrogens is 152 g/mol. The third kappa shape index (κ3) is 0.439. The Labute approximate surface area is 70.2 Å². The second-order valence-electron chi connectivity index (χ2n) is 3.64. The third-order valence-corrected chi connectivity index (χ3v) is 3.07. The third-order valence-electron chi connectivity index (χ3n) is 3.07. The van der Waals surface area contributed by atoms with E-state index in [2.05, 4.69) is 24.3 Å². The normalized spacial score (nSPS) is 51.3. The Kier molecular flexibility index (Phi) is 0.755. The van der Waals surface area contributed by atoms with Crippen LogP contribution >= 0.6 is 0 Å². The molecule has 0 saturated heterocycles. The number of fused-ring (bicyclic) bond motifs is 8. The van der Waals surface area contributed by atoms with Crippen molar-refractivity contribution in [2.45, 2.75) is 24.4 Å². The zero-order valence-corrected chi connectivity index (χ0v) is 6.44. The van der Waals surface area contributed by atoms with Gasteiger partial charge in [-0.15, -0.1) is 0 Å². The van der Waals surface area contributed by atoms with E-state index in [-0.39, 0.29) is 24.4 Å². The number of hydrogen-bond donors (Lipinski definition) is 0. The molecule has 0 aliphatic carbocycles. The van der Waals surface area contributed by atoms with E-state index in [0.29, 0.717) is 0 Å². The summed E-state index contributed by atoms with van der Waals surface area (Å²) in [5, 5.41) is 0. The van der Waals surface area contributed by atoms with Gasteiger partial charge in [0.05, 0.1) is 0 Å². The van der Waals surface area contributed by atoms with Gasteiger partial charge in [0, 0.05) is 0 Å². The van der Waals surface area contributed by atoms with Crippen LogP contribution in [-0.4, -0.2) is 24.4 Å². The highest BCUT2D eigenvalue weighted by molar-refractivity contribution is 5.52. The van der Waals surface area contributed by atoms with Crippen LogP contribution in [0.3, 0.4) is 0 Å². The predicted octanol–water partition coefficient (Wildman–Crippen LogP) is 0.957. The maximum absolute atomic E-state index is 5.71. The molecule has 4 heterocycles. The first-order valence-electron chi connectivity index (χ1n) is 4.35. The summed E-state index contributed by atoms with van der Waals surface area (Å²) in [6.45, 7) is 0. The molecule has 4 bridgehead atoms. The molecule has 4 aliphatic rings. The number of ether oxygens (including phenoxy) is 2. The molecule has 0 aromatic heterocycles. The first kappa shape index (κ1) is 5.73. The van der Waals surface area contributed by atoms with E-state index in [0.717, 1.165) is 0 Å². The molecule has 4 atom stereocenters. The summed E-state index contributed by atoms with van der Waals surface area (Å²) in [6, 6.07) is 0. The van der Waals surface area contributed by atoms with Crippen LogP contribution in [0.4, 0.5) is 0 Å². The van der Waals surface area contributed by atoms with Crippen LogP contribution in [0, 0.1) is 0 Å². The molecule has 2 heteroatoms. The molecule has 0 saturated carbocycles. The quantitative estimate of drug-likeness (QED) is 0.491. The minimum atomic E-state index is 0.227. The maximum Gasteiger partial charge on any atom is 0.101 e. The van der Waals surface area contributed by atoms with Gasteiger partial charge in [-0.1, -0.05) is 24.3 Å². The molecule has 4 unspecified atom stereocenters. The van der Waals surface area contributed by atoms with Crippen molar-refractivity contribution in [3.8, 4) is 0 Å². The summed E-state index contributed by atoms with van der Waals surface area (Å²) in [6.07, 6.45) is 9.47. The van der Waals surface area contributed by atoms with Crippen molar-refractivity contribution >= 4 is 0 Å². The summed E-state index contributed by atoms with van der Waals surface area (Å²) in [4.78, 5) is 0. The summed E-state index contributed by atoms with van der Waals surface area (Å²) in [5.41, 5.74) is 2.77. The van der Waals surface area contributed by atoms with Crippen molar-refractivity contribution in [1.82, 2.24) is 0 Å². The molecule has 0 fully saturated rings. The summed E-state index contributed by atoms with van der Waals surface area (Å²) < 4.78 is 11.4. The zero-order chi connectivity index (χ0) is 7.71. The average Bonchev–Trinajstić information content (AvgIpc) is 2.83. The monoisotopic (exact) mass is 160 g/mol. The van der Waals surface area contributed by atoms with E-state index in [1.807, 2.05) is 0 Å². The molecule has 12 heavy (non-hydrogen) atoms. The van der Waals surface area contributed by atoms with Gasteiger partial charge in [0.25, 0.3) is 0 Å². The average molecular weight is 160 g/mol. The van der Waals surface area contributed by atoms with Crippen molar-refractivity contribution in [2.24, 2.45) is 0 Å². The van der Waals surface area contributed by atoms with E-state index in [1.54, 1.807) is 0 Å². The van der Waals surface area contributed by atoms with Gasteiger partial charge in [-0.25, -0.2) is 0 Å². The van der Waals surface area contributed by atoms with Gasteiger partial charge in [0.15, 0.2) is 0 Å². The van der Waals surface area contributed by atoms with Crippen molar-refractivity contribution in [3.63, 3.8) is 0 Å². The van der Waals surface area contributed by atoms with Gasteiger partial charge in [0.1, 0.15) is 24.4 Å². The van der Waals surface area contributed by atoms with Gasteiger partial charge in [0.2, 0.25) is 0 Å². The van der Waals surface area contributed by atoms with E-state index >= 15 is 0 Å². The van der Waals surface area contributed by atoms with Gasteiger partial charge in [-0.3, -0.25) is 0 Å². The fourth-order valence-corrected chi connectivity index (χ4v) is 2.59. The topological polar surface area (TPSA) is 18.5 Å². The molecule has 4 aliphatic heterocycles. The fourth-order valence-electron chi connectivity index (χ4n) is 2.59. The SMILES string of the molecule is C1=CC2OC1C1=C2C2C=CC1O2. The molecule has 0 N–H and O–H groups in total. The minimum Gasteiger partial charge on any atom is -0.358 e. The van der Waals surface area contributed by atoms with Gasteiger partial charge in [-0.05, 0) is 11.1 Å². The molecule has 0 aromatic rings. The molecule has 0 radical (unpaired) electrons. The van der Waals surface area contributed by atoms with E-state index in [9.17, 15) is 0 Å². The summed E-state index contributed by atoms with van der Waals surface area (Å²) in [7, 11) is 0. The standard InChI is InChI=1S/C10H8O2/c1-2-6-10-8-4-3-7(12-8)9(10)5(1)11-6/h1-8H. The molecule has 60 valence electrons. The lowest BCUT2D eigenvalue weighted by Gasteiger charge is -2.11. The second kappa shape index (κ2) is 1.58. The smallest absolute Gasteiger partial charge is 0.101 e. The highest BCUT2D eigenvalue weighted by atomic mass is 16.5. The van der Waals surface area contributed by atoms with Gasteiger partial charge >= 0.3 is 0 Å². The minimum absolute atomic E-state index is 0.227. The largest absolute Gasteiger partial charge is 0.358 e. The first-order chi connectivity index (χ1) is 5.93. The van der Waals surface area contributed by atoms with Crippen molar-refractivity contribution < 1.29 is 9.47 Å². The predicted molar refractivity (Wildman–Crippen MR) is 42.6 cm³/mol. The number of rotatable bonds is 0. The van der Waals surface area contributed by atoms with Crippen LogP contribution in [0.5, 0.6) is 0 Å². The Balaban J connectivity index is 1.93. The highest BCUT2D eigenvalue weighted by Gasteiger charge is 2.49. The van der Waals surface area contributed by atoms with Crippen LogP contribution in [0.2, 0.25) is 0 Å². The molecular formula is C10H8O2. The van der Waals surface area contributed by atoms with Gasteiger partial charge in [-0.2, -0.15) is 0 Å². The van der Waals surface area contributed by atoms with Crippen molar-refractivity contribution in [2.75, 3.05) is 0 Å². The molecule has 0 aromatic carbocycles. The van der Waals surface area contributed by atoms with E-state index in [1.165, 1.54) is 11.1 Å². The fraction of sp³-hybridized carbons (Fsp3) is 0.400. The summed E-state index contributed by atoms with van der Waals surface area (Å²) >= 11 is 0. The lowest BCUT2D eigenvalue weighted by molar-refractivity contribution is 0.0605. The maximum atomic E-state index is 5.71. The highest BCUT2D eigenvalue weighted by Crippen LogP contribution is 2.47. The Hall–Kier alpha value is -0.860. The molecule has 2 nitrogen and oxygen atoms in total. The Morgan fingerprint density at radius 1 is 0.667 bits per heavy atom. The van der Waals surface area contributed by atoms with Crippen molar-refractivity contribution in [3.05, 3.63) is 35.5 Å². The summed E-state index contributed by atoms with van der Waals surface area (Å²) in [5.74, 6) is 0. The Morgan fingerprint density at radius 3 is 1.33 bits per heavy atom. The molecule has 0 amide bonds. The molecule has 0 spiro atoms. The van der Waals surface area contributed by atoms with Crippen LogP contribution in [-0.2, 0) is 9.47 Å². The van der Waals surface area contributed by atoms with Crippen LogP contribution in [0.1, 0.15) is 0 Å². The van der Waals surface area contributed by atoms with Gasteiger partial charge < -0.3 is 9.47 Å². The van der Waals surface area contributed by atoms with E-state index in [4.69, 9.17) is 9.47 Å². The zero-order valence-electron chi connectivity index (χ0n) is 6.44. The lowest BCUT2D eigenvalue weighted by Crippen LogP contribution is -2.16. The van der Waals surface area contributed by atoms with Crippen LogP contribution < -0.4 is 0 Å².